The van der Waals surface area contributed by atoms with Crippen molar-refractivity contribution < 1.29 is 0 Å². The van der Waals surface area contributed by atoms with E-state index in [4.69, 9.17) is 0 Å². The lowest BCUT2D eigenvalue weighted by atomic mass is 9.98. The number of hydrogen-bond donors (Lipinski definition) is 0. The molecule has 0 spiro atoms. The molecule has 0 saturated heterocycles. The zero-order valence-electron chi connectivity index (χ0n) is 12.3. The van der Waals surface area contributed by atoms with E-state index in [1.807, 2.05) is 11.3 Å². The van der Waals surface area contributed by atoms with Crippen molar-refractivity contribution in [2.75, 3.05) is 0 Å². The Morgan fingerprint density at radius 1 is 0.682 bits per heavy atom. The average Bonchev–Trinajstić information content (AvgIpc) is 2.93. The highest BCUT2D eigenvalue weighted by molar-refractivity contribution is 7.26. The molecule has 0 atom stereocenters. The first-order valence-corrected chi connectivity index (χ1v) is 8.36. The summed E-state index contributed by atoms with van der Waals surface area (Å²) in [6.45, 7) is 2.17. The molecule has 0 N–H and O–H groups in total. The molecule has 22 heavy (non-hydrogen) atoms. The number of fused-ring (bicyclic) bond motifs is 7. The summed E-state index contributed by atoms with van der Waals surface area (Å²) in [7, 11) is 0. The van der Waals surface area contributed by atoms with Crippen molar-refractivity contribution in [2.24, 2.45) is 0 Å². The van der Waals surface area contributed by atoms with Crippen LogP contribution in [0.15, 0.2) is 66.7 Å². The van der Waals surface area contributed by atoms with E-state index < -0.39 is 0 Å². The van der Waals surface area contributed by atoms with E-state index in [1.165, 1.54) is 47.3 Å². The predicted molar refractivity (Wildman–Crippen MR) is 99.1 cm³/mol. The molecule has 0 amide bonds. The SMILES string of the molecule is Cc1ccc2ccc3ccc4c5ccccc5sc4c3c2c1. The van der Waals surface area contributed by atoms with E-state index in [0.717, 1.165) is 0 Å². The highest BCUT2D eigenvalue weighted by Gasteiger charge is 2.10. The van der Waals surface area contributed by atoms with Gasteiger partial charge in [0.2, 0.25) is 0 Å². The van der Waals surface area contributed by atoms with Gasteiger partial charge in [0.1, 0.15) is 0 Å². The van der Waals surface area contributed by atoms with Gasteiger partial charge in [-0.15, -0.1) is 11.3 Å². The van der Waals surface area contributed by atoms with Crippen LogP contribution in [-0.4, -0.2) is 0 Å². The Hall–Kier alpha value is -2.38. The number of thiophene rings is 1. The summed E-state index contributed by atoms with van der Waals surface area (Å²) < 4.78 is 2.78. The van der Waals surface area contributed by atoms with Crippen LogP contribution < -0.4 is 0 Å². The van der Waals surface area contributed by atoms with Gasteiger partial charge in [-0.2, -0.15) is 0 Å². The smallest absolute Gasteiger partial charge is 0.0440 e. The maximum absolute atomic E-state index is 2.32. The molecule has 4 aromatic carbocycles. The molecule has 1 heterocycles. The van der Waals surface area contributed by atoms with Gasteiger partial charge in [0.25, 0.3) is 0 Å². The Morgan fingerprint density at radius 2 is 1.45 bits per heavy atom. The van der Waals surface area contributed by atoms with E-state index in [2.05, 4.69) is 73.7 Å². The van der Waals surface area contributed by atoms with E-state index in [1.54, 1.807) is 0 Å². The predicted octanol–water partition coefficient (Wildman–Crippen LogP) is 6.67. The van der Waals surface area contributed by atoms with Crippen LogP contribution in [0.5, 0.6) is 0 Å². The Kier molecular flexibility index (Phi) is 2.39. The zero-order chi connectivity index (χ0) is 14.7. The molecular formula is C21H14S. The molecule has 0 radical (unpaired) electrons. The lowest BCUT2D eigenvalue weighted by Crippen LogP contribution is -1.80. The summed E-state index contributed by atoms with van der Waals surface area (Å²) >= 11 is 1.91. The number of hydrogen-bond acceptors (Lipinski definition) is 1. The third kappa shape index (κ3) is 1.57. The minimum Gasteiger partial charge on any atom is -0.135 e. The molecule has 0 aliphatic heterocycles. The molecule has 1 aromatic heterocycles. The number of rotatable bonds is 0. The highest BCUT2D eigenvalue weighted by atomic mass is 32.1. The molecule has 1 heteroatoms. The Morgan fingerprint density at radius 3 is 2.41 bits per heavy atom. The van der Waals surface area contributed by atoms with Gasteiger partial charge in [-0.1, -0.05) is 66.2 Å². The van der Waals surface area contributed by atoms with E-state index in [-0.39, 0.29) is 0 Å². The van der Waals surface area contributed by atoms with Gasteiger partial charge in [0.05, 0.1) is 0 Å². The van der Waals surface area contributed by atoms with Gasteiger partial charge < -0.3 is 0 Å². The summed E-state index contributed by atoms with van der Waals surface area (Å²) in [6.07, 6.45) is 0. The molecule has 5 rings (SSSR count). The van der Waals surface area contributed by atoms with Crippen molar-refractivity contribution in [1.29, 1.82) is 0 Å². The lowest BCUT2D eigenvalue weighted by molar-refractivity contribution is 1.51. The van der Waals surface area contributed by atoms with Crippen LogP contribution in [0.4, 0.5) is 0 Å². The summed E-state index contributed by atoms with van der Waals surface area (Å²) in [6, 6.07) is 24.5. The van der Waals surface area contributed by atoms with Gasteiger partial charge in [0.15, 0.2) is 0 Å². The van der Waals surface area contributed by atoms with E-state index in [0.29, 0.717) is 0 Å². The first-order valence-electron chi connectivity index (χ1n) is 7.54. The third-order valence-electron chi connectivity index (χ3n) is 4.50. The number of benzene rings is 4. The molecule has 0 nitrogen and oxygen atoms in total. The largest absolute Gasteiger partial charge is 0.135 e. The van der Waals surface area contributed by atoms with Crippen LogP contribution in [0.1, 0.15) is 5.56 Å². The summed E-state index contributed by atoms with van der Waals surface area (Å²) in [5.41, 5.74) is 1.32. The minimum absolute atomic E-state index is 1.32. The molecule has 5 aromatic rings. The van der Waals surface area contributed by atoms with E-state index in [9.17, 15) is 0 Å². The quantitative estimate of drug-likeness (QED) is 0.280. The fourth-order valence-corrected chi connectivity index (χ4v) is 4.70. The third-order valence-corrected chi connectivity index (χ3v) is 5.70. The van der Waals surface area contributed by atoms with Crippen LogP contribution in [0.2, 0.25) is 0 Å². The van der Waals surface area contributed by atoms with Crippen LogP contribution >= 0.6 is 11.3 Å². The summed E-state index contributed by atoms with van der Waals surface area (Å²) in [5.74, 6) is 0. The molecule has 0 unspecified atom stereocenters. The second kappa shape index (κ2) is 4.31. The van der Waals surface area contributed by atoms with Gasteiger partial charge in [-0.3, -0.25) is 0 Å². The number of aryl methyl sites for hydroxylation is 1. The van der Waals surface area contributed by atoms with Crippen molar-refractivity contribution in [3.8, 4) is 0 Å². The van der Waals surface area contributed by atoms with Crippen LogP contribution in [-0.2, 0) is 0 Å². The lowest BCUT2D eigenvalue weighted by Gasteiger charge is -2.06. The standard InChI is InChI=1S/C21H14S/c1-13-6-7-14-8-9-15-10-11-17-16-4-2-3-5-19(16)22-21(17)20(15)18(14)12-13/h2-12H,1H3. The summed E-state index contributed by atoms with van der Waals surface area (Å²) in [4.78, 5) is 0. The topological polar surface area (TPSA) is 0 Å². The molecule has 0 aliphatic carbocycles. The minimum atomic E-state index is 1.32. The van der Waals surface area contributed by atoms with E-state index >= 15 is 0 Å². The molecule has 0 fully saturated rings. The monoisotopic (exact) mass is 298 g/mol. The van der Waals surface area contributed by atoms with Crippen LogP contribution in [0.3, 0.4) is 0 Å². The van der Waals surface area contributed by atoms with Crippen molar-refractivity contribution >= 4 is 53.1 Å². The first kappa shape index (κ1) is 12.2. The molecule has 0 aliphatic rings. The van der Waals surface area contributed by atoms with Gasteiger partial charge in [-0.25, -0.2) is 0 Å². The normalized spacial score (nSPS) is 11.9. The molecule has 104 valence electrons. The summed E-state index contributed by atoms with van der Waals surface area (Å²) in [5, 5.41) is 8.17. The maximum Gasteiger partial charge on any atom is 0.0440 e. The Labute approximate surface area is 132 Å². The fourth-order valence-electron chi connectivity index (χ4n) is 3.43. The van der Waals surface area contributed by atoms with Crippen molar-refractivity contribution in [2.45, 2.75) is 6.92 Å². The van der Waals surface area contributed by atoms with Gasteiger partial charge in [0, 0.05) is 25.6 Å². The molecule has 0 saturated carbocycles. The van der Waals surface area contributed by atoms with Gasteiger partial charge >= 0.3 is 0 Å². The Bertz CT molecular complexity index is 1180. The maximum atomic E-state index is 2.32. The Balaban J connectivity index is 2.12. The van der Waals surface area contributed by atoms with Crippen LogP contribution in [0.25, 0.3) is 41.7 Å². The van der Waals surface area contributed by atoms with Crippen LogP contribution in [0, 0.1) is 6.92 Å². The first-order chi connectivity index (χ1) is 10.8. The fraction of sp³-hybridized carbons (Fsp3) is 0.0476. The highest BCUT2D eigenvalue weighted by Crippen LogP contribution is 2.40. The van der Waals surface area contributed by atoms with Gasteiger partial charge in [-0.05, 0) is 29.1 Å². The van der Waals surface area contributed by atoms with Crippen molar-refractivity contribution in [1.82, 2.24) is 0 Å². The van der Waals surface area contributed by atoms with Crippen molar-refractivity contribution in [3.05, 3.63) is 72.3 Å². The molecule has 0 bridgehead atoms. The zero-order valence-corrected chi connectivity index (χ0v) is 13.1. The van der Waals surface area contributed by atoms with Crippen molar-refractivity contribution in [3.63, 3.8) is 0 Å². The average molecular weight is 298 g/mol. The second-order valence-electron chi connectivity index (χ2n) is 5.93. The second-order valence-corrected chi connectivity index (χ2v) is 6.98. The molecular weight excluding hydrogens is 284 g/mol.